The van der Waals surface area contributed by atoms with Gasteiger partial charge in [0.05, 0.1) is 6.61 Å². The fourth-order valence-corrected chi connectivity index (χ4v) is 2.67. The molecule has 0 aromatic carbocycles. The molecule has 0 radical (unpaired) electrons. The number of rotatable bonds is 6. The average Bonchev–Trinajstić information content (AvgIpc) is 2.82. The third-order valence-electron chi connectivity index (χ3n) is 4.12. The van der Waals surface area contributed by atoms with E-state index in [-0.39, 0.29) is 6.61 Å². The van der Waals surface area contributed by atoms with Crippen LogP contribution in [0.3, 0.4) is 0 Å². The van der Waals surface area contributed by atoms with Crippen molar-refractivity contribution in [1.82, 2.24) is 10.5 Å². The zero-order valence-corrected chi connectivity index (χ0v) is 11.4. The molecule has 1 aromatic rings. The Hall–Kier alpha value is -0.870. The summed E-state index contributed by atoms with van der Waals surface area (Å²) in [6.07, 6.45) is 5.44. The fraction of sp³-hybridized carbons (Fsp3) is 0.786. The molecule has 2 rings (SSSR count). The number of hydrogen-bond acceptors (Lipinski definition) is 4. The van der Waals surface area contributed by atoms with Crippen LogP contribution in [0.5, 0.6) is 0 Å². The molecular formula is C14H24N2O2. The van der Waals surface area contributed by atoms with Crippen molar-refractivity contribution in [3.8, 4) is 0 Å². The van der Waals surface area contributed by atoms with Gasteiger partial charge in [0.25, 0.3) is 0 Å². The van der Waals surface area contributed by atoms with Crippen LogP contribution in [0, 0.1) is 5.92 Å². The third kappa shape index (κ3) is 2.93. The maximum atomic E-state index is 9.22. The summed E-state index contributed by atoms with van der Waals surface area (Å²) in [5.74, 6) is 1.74. The van der Waals surface area contributed by atoms with Gasteiger partial charge >= 0.3 is 0 Å². The van der Waals surface area contributed by atoms with Gasteiger partial charge in [0.2, 0.25) is 0 Å². The van der Waals surface area contributed by atoms with Crippen molar-refractivity contribution in [3.63, 3.8) is 0 Å². The van der Waals surface area contributed by atoms with Crippen LogP contribution in [0.1, 0.15) is 50.1 Å². The number of aryl methyl sites for hydroxylation is 1. The Labute approximate surface area is 109 Å². The van der Waals surface area contributed by atoms with E-state index in [1.54, 1.807) is 0 Å². The molecule has 0 amide bonds. The quantitative estimate of drug-likeness (QED) is 0.813. The summed E-state index contributed by atoms with van der Waals surface area (Å²) in [4.78, 5) is 0. The van der Waals surface area contributed by atoms with Crippen LogP contribution in [-0.4, -0.2) is 22.8 Å². The van der Waals surface area contributed by atoms with Crippen LogP contribution in [0.4, 0.5) is 0 Å². The lowest BCUT2D eigenvalue weighted by atomic mass is 9.91. The lowest BCUT2D eigenvalue weighted by Crippen LogP contribution is -2.37. The van der Waals surface area contributed by atoms with E-state index < -0.39 is 0 Å². The van der Waals surface area contributed by atoms with Crippen molar-refractivity contribution in [2.75, 3.05) is 6.54 Å². The molecule has 0 saturated heterocycles. The number of nitrogens with zero attached hydrogens (tertiary/aromatic N) is 1. The van der Waals surface area contributed by atoms with Crippen LogP contribution in [0.15, 0.2) is 4.52 Å². The minimum atomic E-state index is -0.0158. The van der Waals surface area contributed by atoms with E-state index in [0.717, 1.165) is 48.7 Å². The van der Waals surface area contributed by atoms with Crippen molar-refractivity contribution in [2.24, 2.45) is 5.92 Å². The monoisotopic (exact) mass is 252 g/mol. The Morgan fingerprint density at radius 2 is 2.22 bits per heavy atom. The Bertz CT molecular complexity index is 358. The molecule has 1 atom stereocenters. The largest absolute Gasteiger partial charge is 0.390 e. The van der Waals surface area contributed by atoms with Gasteiger partial charge in [0.15, 0.2) is 0 Å². The zero-order chi connectivity index (χ0) is 13.0. The van der Waals surface area contributed by atoms with Crippen molar-refractivity contribution >= 4 is 0 Å². The molecular weight excluding hydrogens is 228 g/mol. The lowest BCUT2D eigenvalue weighted by molar-refractivity contribution is 0.265. The predicted octanol–water partition coefficient (Wildman–Crippen LogP) is 2.05. The summed E-state index contributed by atoms with van der Waals surface area (Å²) in [6.45, 7) is 5.57. The van der Waals surface area contributed by atoms with Gasteiger partial charge in [-0.3, -0.25) is 0 Å². The minimum Gasteiger partial charge on any atom is -0.390 e. The molecule has 1 aliphatic carbocycles. The standard InChI is InChI=1S/C14H24N2O2/c1-3-10(4-2)8-15-11-5-6-14-12(7-11)13(9-17)16-18-14/h10-11,15,17H,3-9H2,1-2H3. The summed E-state index contributed by atoms with van der Waals surface area (Å²) >= 11 is 0. The Morgan fingerprint density at radius 1 is 1.44 bits per heavy atom. The summed E-state index contributed by atoms with van der Waals surface area (Å²) in [5.41, 5.74) is 1.85. The highest BCUT2D eigenvalue weighted by atomic mass is 16.5. The highest BCUT2D eigenvalue weighted by Gasteiger charge is 2.25. The van der Waals surface area contributed by atoms with E-state index in [9.17, 15) is 5.11 Å². The van der Waals surface area contributed by atoms with E-state index in [1.165, 1.54) is 12.8 Å². The highest BCUT2D eigenvalue weighted by Crippen LogP contribution is 2.24. The van der Waals surface area contributed by atoms with Gasteiger partial charge in [-0.1, -0.05) is 31.8 Å². The number of nitrogens with one attached hydrogen (secondary N) is 1. The molecule has 4 nitrogen and oxygen atoms in total. The molecule has 1 unspecified atom stereocenters. The topological polar surface area (TPSA) is 58.3 Å². The maximum Gasteiger partial charge on any atom is 0.140 e. The zero-order valence-electron chi connectivity index (χ0n) is 11.4. The van der Waals surface area contributed by atoms with E-state index in [4.69, 9.17) is 4.52 Å². The van der Waals surface area contributed by atoms with E-state index in [2.05, 4.69) is 24.3 Å². The molecule has 4 heteroatoms. The maximum absolute atomic E-state index is 9.22. The molecule has 1 aliphatic rings. The Morgan fingerprint density at radius 3 is 2.89 bits per heavy atom. The van der Waals surface area contributed by atoms with Gasteiger partial charge in [-0.2, -0.15) is 0 Å². The Kier molecular flexibility index (Phi) is 4.78. The smallest absolute Gasteiger partial charge is 0.140 e. The molecule has 18 heavy (non-hydrogen) atoms. The van der Waals surface area contributed by atoms with Gasteiger partial charge in [-0.25, -0.2) is 0 Å². The van der Waals surface area contributed by atoms with Gasteiger partial charge in [-0.05, 0) is 25.3 Å². The highest BCUT2D eigenvalue weighted by molar-refractivity contribution is 5.26. The molecule has 0 fully saturated rings. The van der Waals surface area contributed by atoms with Crippen LogP contribution in [-0.2, 0) is 19.4 Å². The van der Waals surface area contributed by atoms with Gasteiger partial charge in [0, 0.05) is 18.0 Å². The first kappa shape index (κ1) is 13.6. The molecule has 1 heterocycles. The second kappa shape index (κ2) is 6.34. The molecule has 102 valence electrons. The normalized spacial score (nSPS) is 19.2. The van der Waals surface area contributed by atoms with E-state index in [1.807, 2.05) is 0 Å². The number of aromatic nitrogens is 1. The third-order valence-corrected chi connectivity index (χ3v) is 4.12. The molecule has 0 saturated carbocycles. The first-order valence-electron chi connectivity index (χ1n) is 7.08. The second-order valence-corrected chi connectivity index (χ2v) is 5.22. The van der Waals surface area contributed by atoms with Gasteiger partial charge in [0.1, 0.15) is 11.5 Å². The molecule has 0 spiro atoms. The number of fused-ring (bicyclic) bond motifs is 1. The summed E-state index contributed by atoms with van der Waals surface area (Å²) in [7, 11) is 0. The average molecular weight is 252 g/mol. The first-order valence-corrected chi connectivity index (χ1v) is 7.08. The van der Waals surface area contributed by atoms with Crippen LogP contribution < -0.4 is 5.32 Å². The summed E-state index contributed by atoms with van der Waals surface area (Å²) in [5, 5.41) is 16.8. The summed E-state index contributed by atoms with van der Waals surface area (Å²) < 4.78 is 5.26. The van der Waals surface area contributed by atoms with Gasteiger partial charge < -0.3 is 14.9 Å². The number of aliphatic hydroxyl groups is 1. The van der Waals surface area contributed by atoms with Crippen molar-refractivity contribution in [3.05, 3.63) is 17.0 Å². The molecule has 0 aliphatic heterocycles. The second-order valence-electron chi connectivity index (χ2n) is 5.22. The SMILES string of the molecule is CCC(CC)CNC1CCc2onc(CO)c2C1. The van der Waals surface area contributed by atoms with E-state index >= 15 is 0 Å². The molecule has 2 N–H and O–H groups in total. The lowest BCUT2D eigenvalue weighted by Gasteiger charge is -2.24. The van der Waals surface area contributed by atoms with Crippen molar-refractivity contribution < 1.29 is 9.63 Å². The Balaban J connectivity index is 1.90. The predicted molar refractivity (Wildman–Crippen MR) is 70.3 cm³/mol. The minimum absolute atomic E-state index is 0.0158. The molecule has 1 aromatic heterocycles. The first-order chi connectivity index (χ1) is 8.78. The molecule has 0 bridgehead atoms. The van der Waals surface area contributed by atoms with Crippen LogP contribution in [0.25, 0.3) is 0 Å². The number of aliphatic hydroxyl groups excluding tert-OH is 1. The summed E-state index contributed by atoms with van der Waals surface area (Å²) in [6, 6.07) is 0.503. The number of hydrogen-bond donors (Lipinski definition) is 2. The van der Waals surface area contributed by atoms with Crippen molar-refractivity contribution in [1.29, 1.82) is 0 Å². The van der Waals surface area contributed by atoms with Crippen molar-refractivity contribution in [2.45, 2.75) is 58.6 Å². The fourth-order valence-electron chi connectivity index (χ4n) is 2.67. The van der Waals surface area contributed by atoms with E-state index in [0.29, 0.717) is 6.04 Å². The van der Waals surface area contributed by atoms with Crippen LogP contribution >= 0.6 is 0 Å². The van der Waals surface area contributed by atoms with Crippen LogP contribution in [0.2, 0.25) is 0 Å². The van der Waals surface area contributed by atoms with Gasteiger partial charge in [-0.15, -0.1) is 0 Å².